The van der Waals surface area contributed by atoms with E-state index in [2.05, 4.69) is 16.2 Å². The molecule has 3 N–H and O–H groups in total. The molecule has 32 heavy (non-hydrogen) atoms. The maximum atomic E-state index is 13.9. The van der Waals surface area contributed by atoms with Gasteiger partial charge in [-0.15, -0.1) is 0 Å². The van der Waals surface area contributed by atoms with Crippen molar-refractivity contribution < 1.29 is 23.2 Å². The van der Waals surface area contributed by atoms with E-state index >= 15 is 0 Å². The Morgan fingerprint density at radius 1 is 0.812 bits per heavy atom. The van der Waals surface area contributed by atoms with Gasteiger partial charge in [-0.3, -0.25) is 25.2 Å². The maximum Gasteiger partial charge on any atom is 0.271 e. The normalized spacial score (nSPS) is 11.7. The Kier molecular flexibility index (Phi) is 6.99. The Labute approximate surface area is 183 Å². The molecule has 0 fully saturated rings. The van der Waals surface area contributed by atoms with Crippen LogP contribution in [0.3, 0.4) is 0 Å². The molecule has 0 spiro atoms. The van der Waals surface area contributed by atoms with Gasteiger partial charge in [-0.25, -0.2) is 8.78 Å². The van der Waals surface area contributed by atoms with Gasteiger partial charge in [-0.1, -0.05) is 32.0 Å². The number of nitrogens with zero attached hydrogens (tertiary/aromatic N) is 1. The first-order valence-corrected chi connectivity index (χ1v) is 9.87. The quantitative estimate of drug-likeness (QED) is 0.515. The van der Waals surface area contributed by atoms with E-state index in [4.69, 9.17) is 0 Å². The van der Waals surface area contributed by atoms with Crippen molar-refractivity contribution >= 4 is 17.7 Å². The summed E-state index contributed by atoms with van der Waals surface area (Å²) in [5, 5.41) is 2.33. The lowest BCUT2D eigenvalue weighted by Gasteiger charge is -2.22. The van der Waals surface area contributed by atoms with Crippen LogP contribution in [0.1, 0.15) is 34.6 Å². The van der Waals surface area contributed by atoms with Crippen LogP contribution < -0.4 is 16.2 Å². The lowest BCUT2D eigenvalue weighted by Crippen LogP contribution is -2.54. The monoisotopic (exact) mass is 440 g/mol. The Bertz CT molecular complexity index is 1110. The van der Waals surface area contributed by atoms with Crippen molar-refractivity contribution in [2.24, 2.45) is 5.92 Å². The number of para-hydroxylation sites is 1. The predicted molar refractivity (Wildman–Crippen MR) is 114 cm³/mol. The highest BCUT2D eigenvalue weighted by Crippen LogP contribution is 2.15. The van der Waals surface area contributed by atoms with Crippen LogP contribution in [0.15, 0.2) is 67.0 Å². The number of halogens is 2. The van der Waals surface area contributed by atoms with E-state index in [9.17, 15) is 23.2 Å². The first kappa shape index (κ1) is 22.7. The molecular formula is C23H22F2N4O3. The van der Waals surface area contributed by atoms with E-state index in [1.807, 2.05) is 12.1 Å². The lowest BCUT2D eigenvalue weighted by atomic mass is 10.0. The minimum Gasteiger partial charge on any atom is -0.340 e. The molecule has 2 aromatic carbocycles. The third kappa shape index (κ3) is 5.00. The summed E-state index contributed by atoms with van der Waals surface area (Å²) in [6, 6.07) is 12.3. The molecule has 166 valence electrons. The fourth-order valence-electron chi connectivity index (χ4n) is 3.11. The van der Waals surface area contributed by atoms with Crippen molar-refractivity contribution in [3.8, 4) is 5.69 Å². The number of amides is 3. The van der Waals surface area contributed by atoms with E-state index in [1.165, 1.54) is 0 Å². The Balaban J connectivity index is 1.70. The third-order valence-corrected chi connectivity index (χ3v) is 4.76. The van der Waals surface area contributed by atoms with Crippen LogP contribution in [-0.2, 0) is 4.79 Å². The number of nitrogens with one attached hydrogen (secondary N) is 3. The highest BCUT2D eigenvalue weighted by molar-refractivity contribution is 6.00. The molecular weight excluding hydrogens is 418 g/mol. The number of aromatic nitrogens is 1. The first-order valence-electron chi connectivity index (χ1n) is 9.87. The van der Waals surface area contributed by atoms with Gasteiger partial charge in [-0.05, 0) is 42.3 Å². The molecule has 0 aliphatic carbocycles. The molecule has 0 bridgehead atoms. The van der Waals surface area contributed by atoms with Crippen molar-refractivity contribution in [3.63, 3.8) is 0 Å². The molecule has 0 saturated carbocycles. The fourth-order valence-corrected chi connectivity index (χ4v) is 3.11. The third-order valence-electron chi connectivity index (χ3n) is 4.76. The summed E-state index contributed by atoms with van der Waals surface area (Å²) >= 11 is 0. The summed E-state index contributed by atoms with van der Waals surface area (Å²) in [5.74, 6) is -4.90. The maximum absolute atomic E-state index is 13.9. The number of benzene rings is 2. The number of hydrogen-bond acceptors (Lipinski definition) is 3. The van der Waals surface area contributed by atoms with Crippen LogP contribution >= 0.6 is 0 Å². The van der Waals surface area contributed by atoms with Crippen LogP contribution in [-0.4, -0.2) is 28.3 Å². The number of hydrogen-bond donors (Lipinski definition) is 3. The van der Waals surface area contributed by atoms with Crippen LogP contribution in [0.2, 0.25) is 0 Å². The van der Waals surface area contributed by atoms with Crippen molar-refractivity contribution in [3.05, 3.63) is 89.8 Å². The van der Waals surface area contributed by atoms with E-state index in [1.54, 1.807) is 55.1 Å². The summed E-state index contributed by atoms with van der Waals surface area (Å²) in [6.45, 7) is 3.29. The Morgan fingerprint density at radius 2 is 1.44 bits per heavy atom. The van der Waals surface area contributed by atoms with E-state index in [0.717, 1.165) is 18.2 Å². The highest BCUT2D eigenvalue weighted by Gasteiger charge is 2.27. The number of rotatable bonds is 6. The van der Waals surface area contributed by atoms with Gasteiger partial charge in [0.15, 0.2) is 0 Å². The van der Waals surface area contributed by atoms with Crippen molar-refractivity contribution in [1.29, 1.82) is 0 Å². The molecule has 3 rings (SSSR count). The van der Waals surface area contributed by atoms with Gasteiger partial charge in [0.05, 0.1) is 11.3 Å². The molecule has 1 unspecified atom stereocenters. The molecule has 1 atom stereocenters. The molecule has 9 heteroatoms. The van der Waals surface area contributed by atoms with Crippen LogP contribution in [0.4, 0.5) is 8.78 Å². The van der Waals surface area contributed by atoms with Gasteiger partial charge in [0.1, 0.15) is 23.2 Å². The van der Waals surface area contributed by atoms with Crippen molar-refractivity contribution in [1.82, 2.24) is 20.7 Å². The van der Waals surface area contributed by atoms with E-state index in [0.29, 0.717) is 11.3 Å². The molecule has 0 radical (unpaired) electrons. The largest absolute Gasteiger partial charge is 0.340 e. The lowest BCUT2D eigenvalue weighted by molar-refractivity contribution is -0.124. The van der Waals surface area contributed by atoms with Gasteiger partial charge in [0, 0.05) is 12.4 Å². The SMILES string of the molecule is CC(C)C(NC(=O)c1c(F)cccc1F)C(=O)NNC(=O)c1ccccc1-n1cccc1. The standard InChI is InChI=1S/C23H22F2N4O3/c1-14(2)20(26-22(31)19-16(24)9-7-10-17(19)25)23(32)28-27-21(30)15-8-3-4-11-18(15)29-12-5-6-13-29/h3-14,20H,1-2H3,(H,26,31)(H,27,30)(H,28,32). The second kappa shape index (κ2) is 9.86. The van der Waals surface area contributed by atoms with Gasteiger partial charge in [-0.2, -0.15) is 0 Å². The number of hydrazine groups is 1. The molecule has 1 heterocycles. The smallest absolute Gasteiger partial charge is 0.271 e. The number of carbonyl (C=O) groups excluding carboxylic acids is 3. The summed E-state index contributed by atoms with van der Waals surface area (Å²) < 4.78 is 29.5. The van der Waals surface area contributed by atoms with Gasteiger partial charge < -0.3 is 9.88 Å². The average Bonchev–Trinajstić information content (AvgIpc) is 3.30. The van der Waals surface area contributed by atoms with E-state index < -0.39 is 46.9 Å². The first-order chi connectivity index (χ1) is 15.3. The van der Waals surface area contributed by atoms with Gasteiger partial charge >= 0.3 is 0 Å². The summed E-state index contributed by atoms with van der Waals surface area (Å²) in [5.41, 5.74) is 4.72. The second-order valence-electron chi connectivity index (χ2n) is 7.34. The zero-order chi connectivity index (χ0) is 23.3. The fraction of sp³-hybridized carbons (Fsp3) is 0.174. The summed E-state index contributed by atoms with van der Waals surface area (Å²) in [4.78, 5) is 37.7. The minimum atomic E-state index is -1.15. The molecule has 3 aromatic rings. The predicted octanol–water partition coefficient (Wildman–Crippen LogP) is 2.97. The topological polar surface area (TPSA) is 92.2 Å². The zero-order valence-corrected chi connectivity index (χ0v) is 17.4. The summed E-state index contributed by atoms with van der Waals surface area (Å²) in [6.07, 6.45) is 3.55. The van der Waals surface area contributed by atoms with Gasteiger partial charge in [0.25, 0.3) is 17.7 Å². The van der Waals surface area contributed by atoms with Crippen LogP contribution in [0, 0.1) is 17.6 Å². The molecule has 1 aromatic heterocycles. The minimum absolute atomic E-state index is 0.308. The Hall–Kier alpha value is -4.01. The Morgan fingerprint density at radius 3 is 2.06 bits per heavy atom. The molecule has 3 amide bonds. The van der Waals surface area contributed by atoms with E-state index in [-0.39, 0.29) is 0 Å². The van der Waals surface area contributed by atoms with Crippen LogP contribution in [0.25, 0.3) is 5.69 Å². The summed E-state index contributed by atoms with van der Waals surface area (Å²) in [7, 11) is 0. The zero-order valence-electron chi connectivity index (χ0n) is 17.4. The van der Waals surface area contributed by atoms with Gasteiger partial charge in [0.2, 0.25) is 0 Å². The molecule has 0 aliphatic heterocycles. The van der Waals surface area contributed by atoms with Crippen molar-refractivity contribution in [2.45, 2.75) is 19.9 Å². The average molecular weight is 440 g/mol. The highest BCUT2D eigenvalue weighted by atomic mass is 19.1. The molecule has 7 nitrogen and oxygen atoms in total. The molecule has 0 saturated heterocycles. The number of carbonyl (C=O) groups is 3. The molecule has 0 aliphatic rings. The van der Waals surface area contributed by atoms with Crippen LogP contribution in [0.5, 0.6) is 0 Å². The van der Waals surface area contributed by atoms with Crippen molar-refractivity contribution in [2.75, 3.05) is 0 Å². The second-order valence-corrected chi connectivity index (χ2v) is 7.34.